The van der Waals surface area contributed by atoms with Gasteiger partial charge in [0.2, 0.25) is 0 Å². The average molecular weight is 254 g/mol. The topological polar surface area (TPSA) is 26.0 Å². The molecule has 0 saturated heterocycles. The van der Waals surface area contributed by atoms with Gasteiger partial charge in [-0.3, -0.25) is 0 Å². The van der Waals surface area contributed by atoms with E-state index in [2.05, 4.69) is 33.8 Å². The van der Waals surface area contributed by atoms with Crippen LogP contribution in [0.2, 0.25) is 5.02 Å². The second kappa shape index (κ2) is 5.88. The molecule has 2 heteroatoms. The van der Waals surface area contributed by atoms with E-state index in [1.54, 1.807) is 0 Å². The highest BCUT2D eigenvalue weighted by Gasteiger charge is 2.18. The lowest BCUT2D eigenvalue weighted by Crippen LogP contribution is -2.18. The number of halogens is 1. The lowest BCUT2D eigenvalue weighted by Gasteiger charge is -2.25. The molecule has 1 aromatic rings. The fourth-order valence-corrected chi connectivity index (χ4v) is 2.63. The third-order valence-electron chi connectivity index (χ3n) is 2.89. The van der Waals surface area contributed by atoms with Gasteiger partial charge >= 0.3 is 0 Å². The first-order chi connectivity index (χ1) is 7.78. The van der Waals surface area contributed by atoms with Crippen molar-refractivity contribution >= 4 is 11.6 Å². The Morgan fingerprint density at radius 2 is 1.94 bits per heavy atom. The molecule has 1 aromatic carbocycles. The molecule has 0 heterocycles. The molecule has 0 aliphatic carbocycles. The molecule has 0 amide bonds. The van der Waals surface area contributed by atoms with Crippen LogP contribution in [0.25, 0.3) is 0 Å². The van der Waals surface area contributed by atoms with Gasteiger partial charge in [0.15, 0.2) is 0 Å². The van der Waals surface area contributed by atoms with Gasteiger partial charge in [-0.2, -0.15) is 0 Å². The van der Waals surface area contributed by atoms with Gasteiger partial charge in [-0.15, -0.1) is 0 Å². The van der Waals surface area contributed by atoms with Crippen molar-refractivity contribution < 1.29 is 0 Å². The summed E-state index contributed by atoms with van der Waals surface area (Å²) in [6.07, 6.45) is 2.21. The van der Waals surface area contributed by atoms with Crippen LogP contribution in [0.1, 0.15) is 52.1 Å². The van der Waals surface area contributed by atoms with Crippen molar-refractivity contribution in [2.75, 3.05) is 0 Å². The van der Waals surface area contributed by atoms with E-state index in [-0.39, 0.29) is 6.04 Å². The standard InChI is InChI=1S/C15H24ClN/c1-11(10-15(2,3)4)8-14(17)12-6-5-7-13(16)9-12/h5-7,9,11,14H,8,10,17H2,1-4H3. The van der Waals surface area contributed by atoms with Gasteiger partial charge in [0.05, 0.1) is 0 Å². The van der Waals surface area contributed by atoms with Crippen molar-refractivity contribution in [3.63, 3.8) is 0 Å². The van der Waals surface area contributed by atoms with Crippen LogP contribution in [0.3, 0.4) is 0 Å². The maximum absolute atomic E-state index is 6.23. The Morgan fingerprint density at radius 3 is 2.47 bits per heavy atom. The molecule has 0 aromatic heterocycles. The number of benzene rings is 1. The van der Waals surface area contributed by atoms with Gasteiger partial charge in [-0.05, 0) is 41.9 Å². The van der Waals surface area contributed by atoms with E-state index < -0.39 is 0 Å². The zero-order valence-electron chi connectivity index (χ0n) is 11.3. The van der Waals surface area contributed by atoms with E-state index in [9.17, 15) is 0 Å². The van der Waals surface area contributed by atoms with Crippen molar-refractivity contribution in [2.45, 2.75) is 46.6 Å². The monoisotopic (exact) mass is 253 g/mol. The highest BCUT2D eigenvalue weighted by atomic mass is 35.5. The summed E-state index contributed by atoms with van der Waals surface area (Å²) in [6.45, 7) is 9.09. The Hall–Kier alpha value is -0.530. The maximum Gasteiger partial charge on any atom is 0.0409 e. The summed E-state index contributed by atoms with van der Waals surface area (Å²) in [5.41, 5.74) is 7.73. The second-order valence-electron chi connectivity index (χ2n) is 6.27. The van der Waals surface area contributed by atoms with Crippen LogP contribution in [0.15, 0.2) is 24.3 Å². The fourth-order valence-electron chi connectivity index (χ4n) is 2.44. The number of rotatable bonds is 4. The summed E-state index contributed by atoms with van der Waals surface area (Å²) in [5, 5.41) is 0.765. The predicted molar refractivity (Wildman–Crippen MR) is 76.2 cm³/mol. The minimum atomic E-state index is 0.0889. The molecule has 0 fully saturated rings. The van der Waals surface area contributed by atoms with Crippen molar-refractivity contribution in [1.82, 2.24) is 0 Å². The van der Waals surface area contributed by atoms with Crippen LogP contribution in [-0.4, -0.2) is 0 Å². The summed E-state index contributed by atoms with van der Waals surface area (Å²) in [7, 11) is 0. The predicted octanol–water partition coefficient (Wildman–Crippen LogP) is 4.80. The number of hydrogen-bond donors (Lipinski definition) is 1. The van der Waals surface area contributed by atoms with Gasteiger partial charge in [0, 0.05) is 11.1 Å². The average Bonchev–Trinajstić information content (AvgIpc) is 2.14. The van der Waals surface area contributed by atoms with Crippen LogP contribution in [0, 0.1) is 11.3 Å². The van der Waals surface area contributed by atoms with E-state index in [0.29, 0.717) is 11.3 Å². The first kappa shape index (κ1) is 14.5. The van der Waals surface area contributed by atoms with Crippen LogP contribution >= 0.6 is 11.6 Å². The molecule has 1 nitrogen and oxygen atoms in total. The van der Waals surface area contributed by atoms with Crippen molar-refractivity contribution in [3.8, 4) is 0 Å². The molecule has 0 saturated carbocycles. The smallest absolute Gasteiger partial charge is 0.0409 e. The molecule has 0 aliphatic rings. The minimum Gasteiger partial charge on any atom is -0.324 e. The first-order valence-electron chi connectivity index (χ1n) is 6.29. The number of hydrogen-bond acceptors (Lipinski definition) is 1. The zero-order chi connectivity index (χ0) is 13.1. The SMILES string of the molecule is CC(CC(N)c1cccc(Cl)c1)CC(C)(C)C. The summed E-state index contributed by atoms with van der Waals surface area (Å²) in [4.78, 5) is 0. The fraction of sp³-hybridized carbons (Fsp3) is 0.600. The molecule has 2 atom stereocenters. The minimum absolute atomic E-state index is 0.0889. The largest absolute Gasteiger partial charge is 0.324 e. The zero-order valence-corrected chi connectivity index (χ0v) is 12.1. The third kappa shape index (κ3) is 5.56. The van der Waals surface area contributed by atoms with Gasteiger partial charge in [0.25, 0.3) is 0 Å². The van der Waals surface area contributed by atoms with E-state index in [0.717, 1.165) is 17.0 Å². The normalized spacial score (nSPS) is 15.6. The highest BCUT2D eigenvalue weighted by molar-refractivity contribution is 6.30. The maximum atomic E-state index is 6.23. The van der Waals surface area contributed by atoms with Gasteiger partial charge in [-0.1, -0.05) is 51.4 Å². The van der Waals surface area contributed by atoms with Crippen molar-refractivity contribution in [1.29, 1.82) is 0 Å². The van der Waals surface area contributed by atoms with Crippen LogP contribution in [-0.2, 0) is 0 Å². The van der Waals surface area contributed by atoms with E-state index >= 15 is 0 Å². The molecule has 0 radical (unpaired) electrons. The van der Waals surface area contributed by atoms with Gasteiger partial charge in [-0.25, -0.2) is 0 Å². The summed E-state index contributed by atoms with van der Waals surface area (Å²) < 4.78 is 0. The van der Waals surface area contributed by atoms with Crippen LogP contribution in [0.4, 0.5) is 0 Å². The van der Waals surface area contributed by atoms with Crippen LogP contribution < -0.4 is 5.73 Å². The van der Waals surface area contributed by atoms with Crippen molar-refractivity contribution in [2.24, 2.45) is 17.1 Å². The quantitative estimate of drug-likeness (QED) is 0.819. The highest BCUT2D eigenvalue weighted by Crippen LogP contribution is 2.30. The molecule has 1 rings (SSSR count). The van der Waals surface area contributed by atoms with E-state index in [1.807, 2.05) is 18.2 Å². The Morgan fingerprint density at radius 1 is 1.29 bits per heavy atom. The Bertz CT molecular complexity index is 354. The third-order valence-corrected chi connectivity index (χ3v) is 3.13. The summed E-state index contributed by atoms with van der Waals surface area (Å²) in [6, 6.07) is 7.96. The first-order valence-corrected chi connectivity index (χ1v) is 6.67. The molecule has 2 unspecified atom stereocenters. The molecule has 96 valence electrons. The molecular weight excluding hydrogens is 230 g/mol. The molecular formula is C15H24ClN. The van der Waals surface area contributed by atoms with Crippen molar-refractivity contribution in [3.05, 3.63) is 34.9 Å². The van der Waals surface area contributed by atoms with Gasteiger partial charge in [0.1, 0.15) is 0 Å². The Labute approximate surface area is 110 Å². The Balaban J connectivity index is 2.57. The summed E-state index contributed by atoms with van der Waals surface area (Å²) in [5.74, 6) is 0.629. The molecule has 2 N–H and O–H groups in total. The lowest BCUT2D eigenvalue weighted by molar-refractivity contribution is 0.286. The number of nitrogens with two attached hydrogens (primary N) is 1. The molecule has 0 aliphatic heterocycles. The lowest BCUT2D eigenvalue weighted by atomic mass is 9.82. The molecule has 0 spiro atoms. The Kier molecular flexibility index (Phi) is 5.03. The van der Waals surface area contributed by atoms with E-state index in [4.69, 9.17) is 17.3 Å². The molecule has 17 heavy (non-hydrogen) atoms. The molecule has 0 bridgehead atoms. The van der Waals surface area contributed by atoms with E-state index in [1.165, 1.54) is 6.42 Å². The van der Waals surface area contributed by atoms with Gasteiger partial charge < -0.3 is 5.73 Å². The second-order valence-corrected chi connectivity index (χ2v) is 6.70. The van der Waals surface area contributed by atoms with Crippen LogP contribution in [0.5, 0.6) is 0 Å². The summed E-state index contributed by atoms with van der Waals surface area (Å²) >= 11 is 5.98.